The third kappa shape index (κ3) is 4.97. The number of benzene rings is 3. The zero-order valence-electron chi connectivity index (χ0n) is 19.1. The molecule has 0 saturated carbocycles. The molecule has 174 valence electrons. The maximum absolute atomic E-state index is 15.2. The number of carboxylic acids is 1. The van der Waals surface area contributed by atoms with Crippen LogP contribution in [0.5, 0.6) is 5.75 Å². The molecule has 0 spiro atoms. The van der Waals surface area contributed by atoms with E-state index >= 15 is 4.39 Å². The van der Waals surface area contributed by atoms with Crippen LogP contribution in [0.15, 0.2) is 48.5 Å². The van der Waals surface area contributed by atoms with E-state index in [2.05, 4.69) is 0 Å². The average Bonchev–Trinajstić information content (AvgIpc) is 2.74. The third-order valence-corrected chi connectivity index (χ3v) is 5.52. The first-order valence-electron chi connectivity index (χ1n) is 10.5. The molecule has 33 heavy (non-hydrogen) atoms. The fourth-order valence-electron chi connectivity index (χ4n) is 3.75. The van der Waals surface area contributed by atoms with Crippen LogP contribution in [0.1, 0.15) is 25.0 Å². The summed E-state index contributed by atoms with van der Waals surface area (Å²) in [5, 5.41) is 9.45. The van der Waals surface area contributed by atoms with Crippen LogP contribution in [0.2, 0.25) is 0 Å². The number of anilines is 2. The Bertz CT molecular complexity index is 1190. The fourth-order valence-corrected chi connectivity index (χ4v) is 3.75. The van der Waals surface area contributed by atoms with Crippen molar-refractivity contribution in [1.82, 2.24) is 0 Å². The molecule has 7 heteroatoms. The highest BCUT2D eigenvalue weighted by molar-refractivity contribution is 5.76. The van der Waals surface area contributed by atoms with E-state index in [0.717, 1.165) is 6.07 Å². The molecule has 4 nitrogen and oxygen atoms in total. The Morgan fingerprint density at radius 1 is 1.00 bits per heavy atom. The van der Waals surface area contributed by atoms with Gasteiger partial charge in [-0.2, -0.15) is 0 Å². The summed E-state index contributed by atoms with van der Waals surface area (Å²) in [6, 6.07) is 11.6. The van der Waals surface area contributed by atoms with E-state index in [1.54, 1.807) is 45.9 Å². The number of ether oxygens (including phenoxy) is 1. The van der Waals surface area contributed by atoms with Crippen molar-refractivity contribution in [1.29, 1.82) is 0 Å². The van der Waals surface area contributed by atoms with E-state index in [1.807, 2.05) is 0 Å². The van der Waals surface area contributed by atoms with Gasteiger partial charge in [0.2, 0.25) is 0 Å². The predicted molar refractivity (Wildman–Crippen MR) is 123 cm³/mol. The van der Waals surface area contributed by atoms with E-state index in [9.17, 15) is 18.7 Å². The van der Waals surface area contributed by atoms with Gasteiger partial charge in [0.25, 0.3) is 0 Å². The molecular formula is C26H26F3NO3. The van der Waals surface area contributed by atoms with Crippen LogP contribution in [0.3, 0.4) is 0 Å². The van der Waals surface area contributed by atoms with Crippen LogP contribution in [-0.4, -0.2) is 24.2 Å². The SMILES string of the molecule is Cc1cc(-c2cccc(F)c2)cc(N(C)c2c(F)ccc(OC(C(=O)O)C(C)C)c2C)c1F. The summed E-state index contributed by atoms with van der Waals surface area (Å²) < 4.78 is 49.5. The van der Waals surface area contributed by atoms with Crippen LogP contribution in [0, 0.1) is 37.2 Å². The Kier molecular flexibility index (Phi) is 7.01. The van der Waals surface area contributed by atoms with Gasteiger partial charge in [0.15, 0.2) is 6.10 Å². The molecule has 0 bridgehead atoms. The Balaban J connectivity index is 2.10. The first-order valence-corrected chi connectivity index (χ1v) is 10.5. The van der Waals surface area contributed by atoms with Crippen molar-refractivity contribution < 1.29 is 27.8 Å². The first-order chi connectivity index (χ1) is 15.5. The Hall–Kier alpha value is -3.48. The standard InChI is InChI=1S/C26H26F3NO3/c1-14(2)25(26(31)32)33-22-10-9-20(28)24(16(22)4)30(5)21-13-18(11-15(3)23(21)29)17-7-6-8-19(27)12-17/h6-14,25H,1-5H3,(H,31,32). The van der Waals surface area contributed by atoms with Gasteiger partial charge < -0.3 is 14.7 Å². The van der Waals surface area contributed by atoms with Crippen LogP contribution in [-0.2, 0) is 4.79 Å². The predicted octanol–water partition coefficient (Wildman–Crippen LogP) is 6.64. The number of halogens is 3. The molecule has 0 aliphatic heterocycles. The molecular weight excluding hydrogens is 431 g/mol. The Morgan fingerprint density at radius 3 is 2.30 bits per heavy atom. The maximum Gasteiger partial charge on any atom is 0.345 e. The zero-order valence-corrected chi connectivity index (χ0v) is 19.1. The minimum absolute atomic E-state index is 0.0510. The molecule has 0 aromatic heterocycles. The summed E-state index contributed by atoms with van der Waals surface area (Å²) in [5.41, 5.74) is 1.92. The van der Waals surface area contributed by atoms with Gasteiger partial charge in [-0.1, -0.05) is 26.0 Å². The first kappa shape index (κ1) is 24.2. The highest BCUT2D eigenvalue weighted by Gasteiger charge is 2.26. The van der Waals surface area contributed by atoms with Gasteiger partial charge in [-0.3, -0.25) is 0 Å². The van der Waals surface area contributed by atoms with Crippen molar-refractivity contribution in [3.05, 3.63) is 77.1 Å². The lowest BCUT2D eigenvalue weighted by Gasteiger charge is -2.26. The van der Waals surface area contributed by atoms with E-state index < -0.39 is 29.5 Å². The van der Waals surface area contributed by atoms with Gasteiger partial charge in [0, 0.05) is 18.5 Å². The number of rotatable bonds is 7. The van der Waals surface area contributed by atoms with E-state index in [1.165, 1.54) is 36.2 Å². The van der Waals surface area contributed by atoms with Gasteiger partial charge in [-0.05, 0) is 66.9 Å². The second-order valence-electron chi connectivity index (χ2n) is 8.34. The van der Waals surface area contributed by atoms with Crippen LogP contribution >= 0.6 is 0 Å². The summed E-state index contributed by atoms with van der Waals surface area (Å²) in [6.07, 6.45) is -1.12. The molecule has 1 N–H and O–H groups in total. The summed E-state index contributed by atoms with van der Waals surface area (Å²) in [6.45, 7) is 6.59. The number of hydrogen-bond acceptors (Lipinski definition) is 3. The summed E-state index contributed by atoms with van der Waals surface area (Å²) >= 11 is 0. The van der Waals surface area contributed by atoms with Crippen molar-refractivity contribution in [2.45, 2.75) is 33.8 Å². The largest absolute Gasteiger partial charge is 0.478 e. The molecule has 3 aromatic carbocycles. The monoisotopic (exact) mass is 457 g/mol. The molecule has 0 aliphatic rings. The van der Waals surface area contributed by atoms with E-state index in [0.29, 0.717) is 22.3 Å². The van der Waals surface area contributed by atoms with Gasteiger partial charge in [-0.15, -0.1) is 0 Å². The molecule has 3 rings (SSSR count). The van der Waals surface area contributed by atoms with Gasteiger partial charge >= 0.3 is 5.97 Å². The smallest absolute Gasteiger partial charge is 0.345 e. The van der Waals surface area contributed by atoms with Gasteiger partial charge in [0.1, 0.15) is 23.2 Å². The van der Waals surface area contributed by atoms with Crippen molar-refractivity contribution in [3.63, 3.8) is 0 Å². The van der Waals surface area contributed by atoms with Gasteiger partial charge in [-0.25, -0.2) is 18.0 Å². The number of carboxylic acid groups (broad SMARTS) is 1. The Morgan fingerprint density at radius 2 is 1.70 bits per heavy atom. The van der Waals surface area contributed by atoms with Crippen LogP contribution in [0.4, 0.5) is 24.5 Å². The minimum atomic E-state index is -1.13. The second-order valence-corrected chi connectivity index (χ2v) is 8.34. The zero-order chi connectivity index (χ0) is 24.4. The van der Waals surface area contributed by atoms with Crippen molar-refractivity contribution in [2.75, 3.05) is 11.9 Å². The molecule has 3 aromatic rings. The maximum atomic E-state index is 15.2. The molecule has 0 radical (unpaired) electrons. The van der Waals surface area contributed by atoms with E-state index in [4.69, 9.17) is 4.74 Å². The Labute approximate surface area is 191 Å². The summed E-state index contributed by atoms with van der Waals surface area (Å²) in [7, 11) is 1.51. The molecule has 0 heterocycles. The molecule has 0 saturated heterocycles. The lowest BCUT2D eigenvalue weighted by molar-refractivity contribution is -0.147. The van der Waals surface area contributed by atoms with Crippen molar-refractivity contribution in [2.24, 2.45) is 5.92 Å². The number of nitrogens with zero attached hydrogens (tertiary/aromatic N) is 1. The molecule has 1 atom stereocenters. The highest BCUT2D eigenvalue weighted by Crippen LogP contribution is 2.39. The van der Waals surface area contributed by atoms with Gasteiger partial charge in [0.05, 0.1) is 11.4 Å². The molecule has 0 amide bonds. The van der Waals surface area contributed by atoms with Crippen LogP contribution < -0.4 is 9.64 Å². The lowest BCUT2D eigenvalue weighted by Crippen LogP contribution is -2.32. The number of aliphatic carboxylic acids is 1. The molecule has 0 fully saturated rings. The fraction of sp³-hybridized carbons (Fsp3) is 0.269. The second kappa shape index (κ2) is 9.57. The number of carbonyl (C=O) groups is 1. The molecule has 1 unspecified atom stereocenters. The summed E-state index contributed by atoms with van der Waals surface area (Å²) in [4.78, 5) is 12.9. The lowest BCUT2D eigenvalue weighted by atomic mass is 10.0. The summed E-state index contributed by atoms with van der Waals surface area (Å²) in [5.74, 6) is -2.85. The quantitative estimate of drug-likeness (QED) is 0.432. The normalized spacial score (nSPS) is 12.0. The minimum Gasteiger partial charge on any atom is -0.478 e. The number of hydrogen-bond donors (Lipinski definition) is 1. The highest BCUT2D eigenvalue weighted by atomic mass is 19.1. The third-order valence-electron chi connectivity index (χ3n) is 5.52. The number of aryl methyl sites for hydroxylation is 1. The topological polar surface area (TPSA) is 49.8 Å². The molecule has 0 aliphatic carbocycles. The van der Waals surface area contributed by atoms with Crippen molar-refractivity contribution in [3.8, 4) is 16.9 Å². The van der Waals surface area contributed by atoms with Crippen LogP contribution in [0.25, 0.3) is 11.1 Å². The van der Waals surface area contributed by atoms with Crippen molar-refractivity contribution >= 4 is 17.3 Å². The average molecular weight is 457 g/mol. The van der Waals surface area contributed by atoms with E-state index in [-0.39, 0.29) is 23.0 Å².